The van der Waals surface area contributed by atoms with Gasteiger partial charge in [-0.05, 0) is 50.5 Å². The van der Waals surface area contributed by atoms with Crippen molar-refractivity contribution in [2.24, 2.45) is 0 Å². The van der Waals surface area contributed by atoms with E-state index in [2.05, 4.69) is 64.1 Å². The van der Waals surface area contributed by atoms with Gasteiger partial charge in [-0.15, -0.1) is 11.3 Å². The quantitative estimate of drug-likeness (QED) is 0.649. The summed E-state index contributed by atoms with van der Waals surface area (Å²) in [6.07, 6.45) is 0. The van der Waals surface area contributed by atoms with Crippen molar-refractivity contribution < 1.29 is 0 Å². The summed E-state index contributed by atoms with van der Waals surface area (Å²) < 4.78 is 0. The van der Waals surface area contributed by atoms with Gasteiger partial charge in [-0.2, -0.15) is 0 Å². The van der Waals surface area contributed by atoms with E-state index in [1.165, 1.54) is 32.0 Å². The Hall–Kier alpha value is -1.34. The Morgan fingerprint density at radius 1 is 1.00 bits per heavy atom. The lowest BCUT2D eigenvalue weighted by Crippen LogP contribution is -1.80. The van der Waals surface area contributed by atoms with E-state index in [1.807, 2.05) is 11.3 Å². The van der Waals surface area contributed by atoms with Crippen molar-refractivity contribution in [3.63, 3.8) is 0 Å². The topological polar surface area (TPSA) is 0 Å². The molecule has 1 heterocycles. The van der Waals surface area contributed by atoms with Crippen molar-refractivity contribution in [1.82, 2.24) is 0 Å². The van der Waals surface area contributed by atoms with Gasteiger partial charge >= 0.3 is 0 Å². The zero-order valence-corrected chi connectivity index (χ0v) is 11.7. The Morgan fingerprint density at radius 3 is 2.24 bits per heavy atom. The number of thiophene rings is 1. The summed E-state index contributed by atoms with van der Waals surface area (Å²) in [4.78, 5) is 2.77. The Morgan fingerprint density at radius 2 is 1.65 bits per heavy atom. The first-order valence-electron chi connectivity index (χ1n) is 5.90. The molecule has 0 bridgehead atoms. The van der Waals surface area contributed by atoms with Crippen LogP contribution in [0.15, 0.2) is 42.0 Å². The third kappa shape index (κ3) is 2.50. The molecule has 0 aliphatic carbocycles. The van der Waals surface area contributed by atoms with Crippen LogP contribution >= 0.6 is 11.3 Å². The van der Waals surface area contributed by atoms with E-state index in [-0.39, 0.29) is 0 Å². The lowest BCUT2D eigenvalue weighted by molar-refractivity contribution is 1.36. The van der Waals surface area contributed by atoms with Crippen LogP contribution in [0.3, 0.4) is 0 Å². The first-order valence-corrected chi connectivity index (χ1v) is 6.71. The number of hydrogen-bond donors (Lipinski definition) is 0. The van der Waals surface area contributed by atoms with Gasteiger partial charge in [-0.3, -0.25) is 0 Å². The molecule has 0 radical (unpaired) electrons. The first kappa shape index (κ1) is 12.1. The number of hydrogen-bond acceptors (Lipinski definition) is 1. The molecule has 88 valence electrons. The van der Waals surface area contributed by atoms with Crippen molar-refractivity contribution in [2.75, 3.05) is 0 Å². The Kier molecular flexibility index (Phi) is 3.49. The van der Waals surface area contributed by atoms with Crippen molar-refractivity contribution in [2.45, 2.75) is 27.7 Å². The Labute approximate surface area is 108 Å². The monoisotopic (exact) mass is 242 g/mol. The van der Waals surface area contributed by atoms with Crippen LogP contribution in [0.2, 0.25) is 0 Å². The van der Waals surface area contributed by atoms with E-state index in [9.17, 15) is 0 Å². The van der Waals surface area contributed by atoms with E-state index >= 15 is 0 Å². The minimum atomic E-state index is 1.31. The standard InChI is InChI=1S/C16H18S/c1-11(2)12(3)15-10-16(17-13(15)4)14-8-6-5-7-9-14/h5-10H,1-4H3. The maximum Gasteiger partial charge on any atom is 0.0351 e. The van der Waals surface area contributed by atoms with Crippen LogP contribution in [0.4, 0.5) is 0 Å². The zero-order chi connectivity index (χ0) is 12.4. The molecule has 0 nitrogen and oxygen atoms in total. The molecule has 0 spiro atoms. The molecule has 0 N–H and O–H groups in total. The highest BCUT2D eigenvalue weighted by Crippen LogP contribution is 2.35. The van der Waals surface area contributed by atoms with Crippen molar-refractivity contribution >= 4 is 16.9 Å². The second-order valence-corrected chi connectivity index (χ2v) is 5.83. The molecule has 17 heavy (non-hydrogen) atoms. The van der Waals surface area contributed by atoms with Crippen LogP contribution in [0.1, 0.15) is 31.2 Å². The highest BCUT2D eigenvalue weighted by Gasteiger charge is 2.09. The normalized spacial score (nSPS) is 10.4. The van der Waals surface area contributed by atoms with Gasteiger partial charge in [0.2, 0.25) is 0 Å². The van der Waals surface area contributed by atoms with E-state index in [0.29, 0.717) is 0 Å². The lowest BCUT2D eigenvalue weighted by Gasteiger charge is -2.02. The molecule has 0 amide bonds. The maximum atomic E-state index is 2.32. The van der Waals surface area contributed by atoms with Gasteiger partial charge in [0.05, 0.1) is 0 Å². The fraction of sp³-hybridized carbons (Fsp3) is 0.250. The molecule has 2 rings (SSSR count). The number of aryl methyl sites for hydroxylation is 1. The highest BCUT2D eigenvalue weighted by atomic mass is 32.1. The largest absolute Gasteiger partial charge is 0.140 e. The number of rotatable bonds is 2. The highest BCUT2D eigenvalue weighted by molar-refractivity contribution is 7.15. The van der Waals surface area contributed by atoms with Crippen LogP contribution in [0.25, 0.3) is 16.0 Å². The summed E-state index contributed by atoms with van der Waals surface area (Å²) in [5, 5.41) is 0. The van der Waals surface area contributed by atoms with Crippen LogP contribution in [0.5, 0.6) is 0 Å². The molecule has 0 fully saturated rings. The van der Waals surface area contributed by atoms with Crippen LogP contribution < -0.4 is 0 Å². The smallest absolute Gasteiger partial charge is 0.0351 e. The third-order valence-electron chi connectivity index (χ3n) is 3.13. The van der Waals surface area contributed by atoms with Gasteiger partial charge in [0.15, 0.2) is 0 Å². The molecule has 2 aromatic rings. The minimum absolute atomic E-state index is 1.31. The summed E-state index contributed by atoms with van der Waals surface area (Å²) in [5.74, 6) is 0. The predicted molar refractivity (Wildman–Crippen MR) is 78.4 cm³/mol. The van der Waals surface area contributed by atoms with Gasteiger partial charge in [-0.1, -0.05) is 35.9 Å². The van der Waals surface area contributed by atoms with E-state index in [0.717, 1.165) is 0 Å². The summed E-state index contributed by atoms with van der Waals surface area (Å²) in [5.41, 5.74) is 5.51. The van der Waals surface area contributed by atoms with Crippen LogP contribution in [-0.4, -0.2) is 0 Å². The number of allylic oxidation sites excluding steroid dienone is 2. The van der Waals surface area contributed by atoms with Crippen LogP contribution in [0, 0.1) is 6.92 Å². The molecule has 0 atom stereocenters. The molecule has 1 aromatic carbocycles. The predicted octanol–water partition coefficient (Wildman–Crippen LogP) is 5.54. The van der Waals surface area contributed by atoms with E-state index in [4.69, 9.17) is 0 Å². The van der Waals surface area contributed by atoms with Crippen molar-refractivity contribution in [1.29, 1.82) is 0 Å². The SMILES string of the molecule is CC(C)=C(C)c1cc(-c2ccccc2)sc1C. The fourth-order valence-corrected chi connectivity index (χ4v) is 2.95. The molecular formula is C16H18S. The van der Waals surface area contributed by atoms with E-state index < -0.39 is 0 Å². The molecule has 0 saturated carbocycles. The Bertz CT molecular complexity index is 540. The lowest BCUT2D eigenvalue weighted by atomic mass is 10.0. The molecule has 0 unspecified atom stereocenters. The van der Waals surface area contributed by atoms with E-state index in [1.54, 1.807) is 0 Å². The summed E-state index contributed by atoms with van der Waals surface area (Å²) in [7, 11) is 0. The molecule has 1 aromatic heterocycles. The average Bonchev–Trinajstić information content (AvgIpc) is 2.71. The van der Waals surface area contributed by atoms with Crippen LogP contribution in [-0.2, 0) is 0 Å². The average molecular weight is 242 g/mol. The molecular weight excluding hydrogens is 224 g/mol. The second kappa shape index (κ2) is 4.89. The molecule has 0 aliphatic heterocycles. The number of benzene rings is 1. The molecule has 1 heteroatoms. The first-order chi connectivity index (χ1) is 8.09. The zero-order valence-electron chi connectivity index (χ0n) is 10.9. The minimum Gasteiger partial charge on any atom is -0.140 e. The second-order valence-electron chi connectivity index (χ2n) is 4.57. The van der Waals surface area contributed by atoms with Gasteiger partial charge in [-0.25, -0.2) is 0 Å². The fourth-order valence-electron chi connectivity index (χ4n) is 1.87. The third-order valence-corrected chi connectivity index (χ3v) is 4.23. The van der Waals surface area contributed by atoms with Crippen molar-refractivity contribution in [3.8, 4) is 10.4 Å². The Balaban J connectivity index is 2.49. The van der Waals surface area contributed by atoms with Gasteiger partial charge in [0.1, 0.15) is 0 Å². The molecule has 0 saturated heterocycles. The summed E-state index contributed by atoms with van der Waals surface area (Å²) in [6, 6.07) is 12.9. The summed E-state index contributed by atoms with van der Waals surface area (Å²) >= 11 is 1.88. The summed E-state index contributed by atoms with van der Waals surface area (Å²) in [6.45, 7) is 8.77. The molecule has 0 aliphatic rings. The van der Waals surface area contributed by atoms with Gasteiger partial charge in [0.25, 0.3) is 0 Å². The van der Waals surface area contributed by atoms with Crippen molar-refractivity contribution in [3.05, 3.63) is 52.4 Å². The van der Waals surface area contributed by atoms with Gasteiger partial charge < -0.3 is 0 Å². The van der Waals surface area contributed by atoms with Gasteiger partial charge in [0, 0.05) is 9.75 Å². The maximum absolute atomic E-state index is 2.32.